The van der Waals surface area contributed by atoms with Crippen LogP contribution in [-0.2, 0) is 17.1 Å². The summed E-state index contributed by atoms with van der Waals surface area (Å²) in [7, 11) is 1.57. The van der Waals surface area contributed by atoms with Gasteiger partial charge in [-0.25, -0.2) is 0 Å². The summed E-state index contributed by atoms with van der Waals surface area (Å²) in [6, 6.07) is 24.5. The molecule has 0 bridgehead atoms. The van der Waals surface area contributed by atoms with Gasteiger partial charge >= 0.3 is 0 Å². The maximum Gasteiger partial charge on any atom is 0.116 e. The number of ether oxygens (including phenoxy) is 1. The third-order valence-electron chi connectivity index (χ3n) is 2.83. The molecule has 0 spiro atoms. The van der Waals surface area contributed by atoms with Crippen LogP contribution in [-0.4, -0.2) is 12.9 Å². The first kappa shape index (κ1) is 17.0. The van der Waals surface area contributed by atoms with Crippen molar-refractivity contribution in [1.29, 1.82) is 0 Å². The Morgan fingerprint density at radius 2 is 1.48 bits per heavy atom. The minimum atomic E-state index is -0.00236. The molecule has 0 amide bonds. The molecule has 3 aromatic carbocycles. The minimum absolute atomic E-state index is 0. The summed E-state index contributed by atoms with van der Waals surface area (Å²) in [6.07, 6.45) is 0. The van der Waals surface area contributed by atoms with Gasteiger partial charge in [-0.05, 0) is 11.6 Å². The number of hydrogen-bond acceptors (Lipinski definition) is 2. The topological polar surface area (TPSA) is 26.3 Å². The van der Waals surface area contributed by atoms with E-state index in [0.29, 0.717) is 16.9 Å². The Labute approximate surface area is 135 Å². The molecule has 0 aromatic heterocycles. The zero-order valence-corrected chi connectivity index (χ0v) is 12.8. The van der Waals surface area contributed by atoms with Crippen molar-refractivity contribution in [2.24, 2.45) is 0 Å². The molecule has 0 saturated heterocycles. The largest absolute Gasteiger partial charge is 0.748 e. The summed E-state index contributed by atoms with van der Waals surface area (Å²) in [5.74, 6) is 0.612. The van der Waals surface area contributed by atoms with Crippen LogP contribution in [0.25, 0.3) is 0 Å². The number of ketones is 1. The molecule has 0 atom stereocenters. The van der Waals surface area contributed by atoms with E-state index in [4.69, 9.17) is 4.74 Å². The first-order valence-corrected chi connectivity index (χ1v) is 6.39. The average Bonchev–Trinajstić information content (AvgIpc) is 3.21. The van der Waals surface area contributed by atoms with E-state index in [-0.39, 0.29) is 22.9 Å². The van der Waals surface area contributed by atoms with Crippen LogP contribution in [0.4, 0.5) is 0 Å². The van der Waals surface area contributed by atoms with Gasteiger partial charge in [0.1, 0.15) is 5.78 Å². The Morgan fingerprint density at radius 1 is 0.952 bits per heavy atom. The van der Waals surface area contributed by atoms with Crippen molar-refractivity contribution in [2.75, 3.05) is 7.11 Å². The van der Waals surface area contributed by atoms with E-state index in [0.717, 1.165) is 0 Å². The van der Waals surface area contributed by atoms with Gasteiger partial charge in [0.15, 0.2) is 0 Å². The number of rotatable bonds is 3. The third-order valence-corrected chi connectivity index (χ3v) is 2.83. The van der Waals surface area contributed by atoms with E-state index >= 15 is 0 Å². The fourth-order valence-electron chi connectivity index (χ4n) is 1.83. The van der Waals surface area contributed by atoms with E-state index in [1.165, 1.54) is 0 Å². The Hall–Kier alpha value is -2.09. The second-order valence-electron chi connectivity index (χ2n) is 4.17. The summed E-state index contributed by atoms with van der Waals surface area (Å²) in [6.45, 7) is 0. The van der Waals surface area contributed by atoms with Gasteiger partial charge in [0.05, 0.1) is 12.9 Å². The van der Waals surface area contributed by atoms with Crippen molar-refractivity contribution in [3.8, 4) is 5.75 Å². The third kappa shape index (κ3) is 4.74. The van der Waals surface area contributed by atoms with Crippen molar-refractivity contribution in [2.45, 2.75) is 0 Å². The Balaban J connectivity index is 0.000000313. The second kappa shape index (κ2) is 8.96. The van der Waals surface area contributed by atoms with E-state index in [9.17, 15) is 4.79 Å². The SMILES string of the molecule is COc1ccccc1C(=O)[c-]1cccc1.[Fe].[cH-]1[cH-][cH-][cH-][cH-]1. The Bertz CT molecular complexity index is 608. The molecule has 0 fully saturated rings. The molecular formula is C18H16FeO2-6. The molecule has 0 saturated carbocycles. The fraction of sp³-hybridized carbons (Fsp3) is 0.0556. The normalized spacial score (nSPS) is 9.00. The van der Waals surface area contributed by atoms with Crippen molar-refractivity contribution < 1.29 is 26.6 Å². The molecule has 0 aliphatic rings. The minimum Gasteiger partial charge on any atom is -0.748 e. The molecule has 0 radical (unpaired) electrons. The van der Waals surface area contributed by atoms with Crippen molar-refractivity contribution in [3.63, 3.8) is 0 Å². The van der Waals surface area contributed by atoms with E-state index in [2.05, 4.69) is 0 Å². The number of methoxy groups -OCH3 is 1. The molecule has 0 aliphatic heterocycles. The van der Waals surface area contributed by atoms with Gasteiger partial charge in [-0.15, -0.1) is 12.1 Å². The zero-order chi connectivity index (χ0) is 14.2. The van der Waals surface area contributed by atoms with Crippen molar-refractivity contribution >= 4 is 5.78 Å². The smallest absolute Gasteiger partial charge is 0.116 e. The van der Waals surface area contributed by atoms with E-state index in [1.807, 2.05) is 54.6 Å². The van der Waals surface area contributed by atoms with Gasteiger partial charge in [0, 0.05) is 17.1 Å². The van der Waals surface area contributed by atoms with E-state index in [1.54, 1.807) is 31.4 Å². The molecular weight excluding hydrogens is 304 g/mol. The molecule has 0 aliphatic carbocycles. The van der Waals surface area contributed by atoms with Crippen LogP contribution >= 0.6 is 0 Å². The maximum absolute atomic E-state index is 12.0. The van der Waals surface area contributed by atoms with Crippen LogP contribution < -0.4 is 4.74 Å². The van der Waals surface area contributed by atoms with Crippen LogP contribution in [0.5, 0.6) is 5.75 Å². The molecule has 0 unspecified atom stereocenters. The fourth-order valence-corrected chi connectivity index (χ4v) is 1.83. The molecule has 2 nitrogen and oxygen atoms in total. The maximum atomic E-state index is 12.0. The van der Waals surface area contributed by atoms with Gasteiger partial charge in [0.25, 0.3) is 0 Å². The summed E-state index contributed by atoms with van der Waals surface area (Å²) >= 11 is 0. The van der Waals surface area contributed by atoms with Gasteiger partial charge < -0.3 is 39.9 Å². The van der Waals surface area contributed by atoms with Gasteiger partial charge in [-0.2, -0.15) is 12.1 Å². The van der Waals surface area contributed by atoms with Crippen LogP contribution in [0.1, 0.15) is 15.9 Å². The summed E-state index contributed by atoms with van der Waals surface area (Å²) in [5.41, 5.74) is 1.30. The monoisotopic (exact) mass is 320 g/mol. The van der Waals surface area contributed by atoms with Crippen LogP contribution in [0.3, 0.4) is 0 Å². The Kier molecular flexibility index (Phi) is 7.24. The first-order chi connectivity index (χ1) is 9.83. The predicted molar refractivity (Wildman–Crippen MR) is 80.5 cm³/mol. The number of carbonyl (C=O) groups excluding carboxylic acids is 1. The van der Waals surface area contributed by atoms with Gasteiger partial charge in [0.2, 0.25) is 0 Å². The van der Waals surface area contributed by atoms with Crippen molar-refractivity contribution in [1.82, 2.24) is 0 Å². The molecule has 21 heavy (non-hydrogen) atoms. The van der Waals surface area contributed by atoms with Crippen LogP contribution in [0.15, 0.2) is 78.9 Å². The summed E-state index contributed by atoms with van der Waals surface area (Å²) in [5, 5.41) is 0. The molecule has 0 heterocycles. The molecule has 3 aromatic rings. The second-order valence-corrected chi connectivity index (χ2v) is 4.17. The van der Waals surface area contributed by atoms with Gasteiger partial charge in [-0.1, -0.05) is 23.8 Å². The van der Waals surface area contributed by atoms with Crippen molar-refractivity contribution in [3.05, 3.63) is 90.0 Å². The molecule has 0 N–H and O–H groups in total. The zero-order valence-electron chi connectivity index (χ0n) is 11.7. The summed E-state index contributed by atoms with van der Waals surface area (Å²) in [4.78, 5) is 12.0. The Morgan fingerprint density at radius 3 is 2.00 bits per heavy atom. The first-order valence-electron chi connectivity index (χ1n) is 6.39. The number of benzene rings is 1. The molecule has 3 rings (SSSR count). The quantitative estimate of drug-likeness (QED) is 0.413. The number of para-hydroxylation sites is 1. The van der Waals surface area contributed by atoms with Gasteiger partial charge in [-0.3, -0.25) is 0 Å². The predicted octanol–water partition coefficient (Wildman–Crippen LogP) is 4.05. The number of carbonyl (C=O) groups is 1. The molecule has 3 heteroatoms. The van der Waals surface area contributed by atoms with Crippen LogP contribution in [0.2, 0.25) is 0 Å². The van der Waals surface area contributed by atoms with Crippen LogP contribution in [0, 0.1) is 0 Å². The standard InChI is InChI=1S/C13H11O2.C5H5.Fe/c1-15-12-9-5-4-8-11(12)13(14)10-6-2-3-7-10;1-2-4-5-3-1;/h2-9H,1H3;1-5H;/q-1;-5;. The molecule has 114 valence electrons. The summed E-state index contributed by atoms with van der Waals surface area (Å²) < 4.78 is 5.14. The van der Waals surface area contributed by atoms with E-state index < -0.39 is 0 Å². The number of hydrogen-bond donors (Lipinski definition) is 0. The average molecular weight is 320 g/mol.